The van der Waals surface area contributed by atoms with E-state index in [0.29, 0.717) is 22.3 Å². The van der Waals surface area contributed by atoms with E-state index in [-0.39, 0.29) is 0 Å². The number of nitriles is 1. The third-order valence-electron chi connectivity index (χ3n) is 1.98. The van der Waals surface area contributed by atoms with E-state index in [1.807, 2.05) is 6.26 Å². The molecule has 1 heterocycles. The van der Waals surface area contributed by atoms with E-state index in [2.05, 4.69) is 16.0 Å². The van der Waals surface area contributed by atoms with Gasteiger partial charge >= 0.3 is 0 Å². The van der Waals surface area contributed by atoms with Gasteiger partial charge in [0.15, 0.2) is 5.16 Å². The molecule has 0 N–H and O–H groups in total. The van der Waals surface area contributed by atoms with Crippen molar-refractivity contribution in [1.29, 1.82) is 5.26 Å². The van der Waals surface area contributed by atoms with Crippen molar-refractivity contribution in [1.82, 2.24) is 9.97 Å². The monoisotopic (exact) mass is 243 g/mol. The molecule has 84 valence electrons. The molecule has 0 bridgehead atoms. The molecule has 2 rings (SSSR count). The van der Waals surface area contributed by atoms with Crippen LogP contribution in [0.1, 0.15) is 5.56 Å². The Kier molecular flexibility index (Phi) is 3.58. The second-order valence-electron chi connectivity index (χ2n) is 3.12. The predicted octanol–water partition coefficient (Wildman–Crippen LogP) is 2.86. The van der Waals surface area contributed by atoms with Crippen LogP contribution in [0.4, 0.5) is 0 Å². The molecule has 0 amide bonds. The Bertz CT molecular complexity index is 566. The van der Waals surface area contributed by atoms with Crippen LogP contribution in [-0.2, 0) is 0 Å². The maximum Gasteiger partial charge on any atom is 0.223 e. The van der Waals surface area contributed by atoms with E-state index in [1.54, 1.807) is 36.5 Å². The number of aromatic nitrogens is 2. The lowest BCUT2D eigenvalue weighted by molar-refractivity contribution is 0.455. The topological polar surface area (TPSA) is 58.8 Å². The van der Waals surface area contributed by atoms with Crippen LogP contribution in [0, 0.1) is 11.3 Å². The van der Waals surface area contributed by atoms with Crippen molar-refractivity contribution < 1.29 is 4.74 Å². The SMILES string of the molecule is CSc1nccc(Oc2cccc(C#N)c2)n1. The van der Waals surface area contributed by atoms with Crippen molar-refractivity contribution in [2.24, 2.45) is 0 Å². The highest BCUT2D eigenvalue weighted by Gasteiger charge is 2.01. The predicted molar refractivity (Wildman–Crippen MR) is 65.0 cm³/mol. The molecule has 0 saturated heterocycles. The molecule has 0 spiro atoms. The molecular weight excluding hydrogens is 234 g/mol. The first-order valence-corrected chi connectivity index (χ1v) is 6.09. The van der Waals surface area contributed by atoms with Crippen LogP contribution in [0.3, 0.4) is 0 Å². The molecule has 0 aliphatic heterocycles. The first-order valence-electron chi connectivity index (χ1n) is 4.87. The maximum absolute atomic E-state index is 8.78. The lowest BCUT2D eigenvalue weighted by Gasteiger charge is -2.05. The maximum atomic E-state index is 8.78. The molecule has 1 aromatic carbocycles. The first kappa shape index (κ1) is 11.4. The van der Waals surface area contributed by atoms with Gasteiger partial charge in [0.05, 0.1) is 11.6 Å². The molecule has 17 heavy (non-hydrogen) atoms. The van der Waals surface area contributed by atoms with Gasteiger partial charge in [0.2, 0.25) is 5.88 Å². The Hall–Kier alpha value is -2.06. The number of ether oxygens (including phenoxy) is 1. The zero-order chi connectivity index (χ0) is 12.1. The number of nitrogens with zero attached hydrogens (tertiary/aromatic N) is 3. The zero-order valence-corrected chi connectivity index (χ0v) is 9.94. The zero-order valence-electron chi connectivity index (χ0n) is 9.12. The Morgan fingerprint density at radius 3 is 3.00 bits per heavy atom. The van der Waals surface area contributed by atoms with Crippen molar-refractivity contribution >= 4 is 11.8 Å². The van der Waals surface area contributed by atoms with Gasteiger partial charge in [-0.05, 0) is 24.5 Å². The van der Waals surface area contributed by atoms with Gasteiger partial charge in [0.25, 0.3) is 0 Å². The molecule has 1 aromatic heterocycles. The minimum absolute atomic E-state index is 0.472. The van der Waals surface area contributed by atoms with Crippen molar-refractivity contribution in [2.45, 2.75) is 5.16 Å². The second kappa shape index (κ2) is 5.32. The average Bonchev–Trinajstić information content (AvgIpc) is 2.39. The highest BCUT2D eigenvalue weighted by atomic mass is 32.2. The van der Waals surface area contributed by atoms with Crippen LogP contribution in [0.25, 0.3) is 0 Å². The summed E-state index contributed by atoms with van der Waals surface area (Å²) in [7, 11) is 0. The summed E-state index contributed by atoms with van der Waals surface area (Å²) in [5.74, 6) is 1.06. The summed E-state index contributed by atoms with van der Waals surface area (Å²) in [4.78, 5) is 8.24. The van der Waals surface area contributed by atoms with Crippen LogP contribution >= 0.6 is 11.8 Å². The van der Waals surface area contributed by atoms with E-state index >= 15 is 0 Å². The van der Waals surface area contributed by atoms with Crippen LogP contribution < -0.4 is 4.74 Å². The summed E-state index contributed by atoms with van der Waals surface area (Å²) < 4.78 is 5.55. The smallest absolute Gasteiger partial charge is 0.223 e. The number of rotatable bonds is 3. The van der Waals surface area contributed by atoms with Crippen molar-refractivity contribution in [3.05, 3.63) is 42.1 Å². The Balaban J connectivity index is 2.22. The minimum Gasteiger partial charge on any atom is -0.439 e. The van der Waals surface area contributed by atoms with E-state index < -0.39 is 0 Å². The number of thioether (sulfide) groups is 1. The quantitative estimate of drug-likeness (QED) is 0.612. The Morgan fingerprint density at radius 1 is 1.35 bits per heavy atom. The standard InChI is InChI=1S/C12H9N3OS/c1-17-12-14-6-5-11(15-12)16-10-4-2-3-9(7-10)8-13/h2-7H,1H3. The van der Waals surface area contributed by atoms with Gasteiger partial charge in [-0.25, -0.2) is 4.98 Å². The lowest BCUT2D eigenvalue weighted by Crippen LogP contribution is -1.91. The molecule has 4 nitrogen and oxygen atoms in total. The summed E-state index contributed by atoms with van der Waals surface area (Å²) in [6, 6.07) is 10.7. The summed E-state index contributed by atoms with van der Waals surface area (Å²) in [5.41, 5.74) is 0.557. The highest BCUT2D eigenvalue weighted by molar-refractivity contribution is 7.98. The molecule has 0 aliphatic rings. The molecule has 0 atom stereocenters. The van der Waals surface area contributed by atoms with Gasteiger partial charge < -0.3 is 4.74 Å². The summed E-state index contributed by atoms with van der Waals surface area (Å²) >= 11 is 1.45. The fourth-order valence-electron chi connectivity index (χ4n) is 1.23. The normalized spacial score (nSPS) is 9.65. The van der Waals surface area contributed by atoms with Crippen LogP contribution in [0.15, 0.2) is 41.7 Å². The van der Waals surface area contributed by atoms with E-state index in [0.717, 1.165) is 0 Å². The third-order valence-corrected chi connectivity index (χ3v) is 2.54. The number of benzene rings is 1. The van der Waals surface area contributed by atoms with Crippen molar-refractivity contribution in [3.8, 4) is 17.7 Å². The molecule has 2 aromatic rings. The Labute approximate surface area is 103 Å². The molecular formula is C12H9N3OS. The van der Waals surface area contributed by atoms with Crippen LogP contribution in [0.2, 0.25) is 0 Å². The van der Waals surface area contributed by atoms with Gasteiger partial charge in [-0.1, -0.05) is 17.8 Å². The van der Waals surface area contributed by atoms with Gasteiger partial charge in [-0.2, -0.15) is 10.2 Å². The molecule has 0 radical (unpaired) electrons. The molecule has 0 unspecified atom stereocenters. The van der Waals surface area contributed by atoms with Crippen molar-refractivity contribution in [3.63, 3.8) is 0 Å². The minimum atomic E-state index is 0.472. The van der Waals surface area contributed by atoms with Gasteiger partial charge in [0.1, 0.15) is 5.75 Å². The number of hydrogen-bond acceptors (Lipinski definition) is 5. The molecule has 0 aliphatic carbocycles. The van der Waals surface area contributed by atoms with Gasteiger partial charge in [-0.3, -0.25) is 0 Å². The third kappa shape index (κ3) is 2.95. The van der Waals surface area contributed by atoms with Crippen LogP contribution in [0.5, 0.6) is 11.6 Å². The van der Waals surface area contributed by atoms with Crippen molar-refractivity contribution in [2.75, 3.05) is 6.26 Å². The molecule has 0 saturated carbocycles. The van der Waals surface area contributed by atoms with E-state index in [1.165, 1.54) is 11.8 Å². The molecule has 0 fully saturated rings. The van der Waals surface area contributed by atoms with E-state index in [9.17, 15) is 0 Å². The fourth-order valence-corrected chi connectivity index (χ4v) is 1.58. The second-order valence-corrected chi connectivity index (χ2v) is 3.90. The lowest BCUT2D eigenvalue weighted by atomic mass is 10.2. The number of hydrogen-bond donors (Lipinski definition) is 0. The summed E-state index contributed by atoms with van der Waals surface area (Å²) in [6.45, 7) is 0. The van der Waals surface area contributed by atoms with Gasteiger partial charge in [-0.15, -0.1) is 0 Å². The fraction of sp³-hybridized carbons (Fsp3) is 0.0833. The summed E-state index contributed by atoms with van der Waals surface area (Å²) in [6.07, 6.45) is 3.54. The summed E-state index contributed by atoms with van der Waals surface area (Å²) in [5, 5.41) is 9.43. The first-order chi connectivity index (χ1) is 8.31. The molecule has 5 heteroatoms. The highest BCUT2D eigenvalue weighted by Crippen LogP contribution is 2.21. The average molecular weight is 243 g/mol. The largest absolute Gasteiger partial charge is 0.439 e. The van der Waals surface area contributed by atoms with Crippen LogP contribution in [-0.4, -0.2) is 16.2 Å². The van der Waals surface area contributed by atoms with Gasteiger partial charge in [0, 0.05) is 12.3 Å². The van der Waals surface area contributed by atoms with E-state index in [4.69, 9.17) is 10.00 Å². The Morgan fingerprint density at radius 2 is 2.24 bits per heavy atom.